The van der Waals surface area contributed by atoms with Crippen LogP contribution in [0.3, 0.4) is 0 Å². The molecule has 2 aromatic heterocycles. The number of nitrogens with zero attached hydrogens (tertiary/aromatic N) is 2. The molecule has 0 aromatic carbocycles. The summed E-state index contributed by atoms with van der Waals surface area (Å²) >= 11 is 2.62. The fourth-order valence-electron chi connectivity index (χ4n) is 4.05. The van der Waals surface area contributed by atoms with E-state index in [1.807, 2.05) is 12.3 Å². The first-order valence-corrected chi connectivity index (χ1v) is 12.7. The van der Waals surface area contributed by atoms with Gasteiger partial charge in [-0.1, -0.05) is 6.07 Å². The molecule has 0 spiro atoms. The smallest absolute Gasteiger partial charge is 0.274 e. The largest absolute Gasteiger partial charge is 0.321 e. The Morgan fingerprint density at radius 2 is 2.11 bits per heavy atom. The first-order chi connectivity index (χ1) is 13.4. The number of sulfonamides is 1. The van der Waals surface area contributed by atoms with E-state index in [2.05, 4.69) is 5.32 Å². The molecule has 10 heteroatoms. The molecule has 1 saturated heterocycles. The number of hydrogen-bond acceptors (Lipinski definition) is 6. The second-order valence-corrected chi connectivity index (χ2v) is 11.1. The van der Waals surface area contributed by atoms with Crippen molar-refractivity contribution >= 4 is 44.7 Å². The van der Waals surface area contributed by atoms with Crippen molar-refractivity contribution in [3.63, 3.8) is 0 Å². The van der Waals surface area contributed by atoms with Crippen molar-refractivity contribution in [2.24, 2.45) is 5.92 Å². The number of carbonyl (C=O) groups is 1. The molecule has 2 bridgehead atoms. The summed E-state index contributed by atoms with van der Waals surface area (Å²) in [5.41, 5.74) is 0.914. The quantitative estimate of drug-likeness (QED) is 0.770. The average molecular weight is 440 g/mol. The maximum Gasteiger partial charge on any atom is 0.274 e. The summed E-state index contributed by atoms with van der Waals surface area (Å²) in [6.07, 6.45) is 2.70. The number of aromatic nitrogens is 1. The maximum atomic E-state index is 12.9. The molecule has 0 unspecified atom stereocenters. The Morgan fingerprint density at radius 1 is 1.29 bits per heavy atom. The summed E-state index contributed by atoms with van der Waals surface area (Å²) in [4.78, 5) is 24.7. The van der Waals surface area contributed by atoms with Crippen LogP contribution in [0, 0.1) is 5.92 Å². The molecule has 0 aliphatic carbocycles. The van der Waals surface area contributed by atoms with Gasteiger partial charge in [-0.3, -0.25) is 9.59 Å². The molecule has 4 heterocycles. The van der Waals surface area contributed by atoms with Crippen LogP contribution in [0.2, 0.25) is 0 Å². The Bertz CT molecular complexity index is 1050. The second-order valence-electron chi connectivity index (χ2n) is 7.12. The molecule has 1 N–H and O–H groups in total. The molecule has 2 aromatic rings. The number of rotatable bonds is 5. The molecular weight excluding hydrogens is 418 g/mol. The van der Waals surface area contributed by atoms with Gasteiger partial charge in [0.2, 0.25) is 5.91 Å². The van der Waals surface area contributed by atoms with Crippen molar-refractivity contribution in [2.75, 3.05) is 30.4 Å². The Kier molecular flexibility index (Phi) is 5.38. The lowest BCUT2D eigenvalue weighted by molar-refractivity contribution is -0.113. The van der Waals surface area contributed by atoms with Gasteiger partial charge in [0, 0.05) is 31.2 Å². The molecule has 28 heavy (non-hydrogen) atoms. The lowest BCUT2D eigenvalue weighted by atomic mass is 9.84. The van der Waals surface area contributed by atoms with Crippen molar-refractivity contribution in [1.82, 2.24) is 8.87 Å². The SMILES string of the molecule is CSCC(=O)Nc1ccc2n(c1=O)C[C@@H]1C[C@@H]2CN(S(=O)(=O)c2cccs2)C1. The van der Waals surface area contributed by atoms with E-state index in [9.17, 15) is 18.0 Å². The highest BCUT2D eigenvalue weighted by Crippen LogP contribution is 2.38. The predicted octanol–water partition coefficient (Wildman–Crippen LogP) is 2.02. The van der Waals surface area contributed by atoms with Crippen LogP contribution in [0.15, 0.2) is 38.6 Å². The van der Waals surface area contributed by atoms with Gasteiger partial charge in [-0.25, -0.2) is 8.42 Å². The lowest BCUT2D eigenvalue weighted by Crippen LogP contribution is -2.49. The van der Waals surface area contributed by atoms with E-state index in [-0.39, 0.29) is 29.0 Å². The summed E-state index contributed by atoms with van der Waals surface area (Å²) in [5.74, 6) is 0.151. The Balaban J connectivity index is 1.62. The van der Waals surface area contributed by atoms with Crippen LogP contribution in [-0.4, -0.2) is 48.3 Å². The highest BCUT2D eigenvalue weighted by Gasteiger charge is 2.40. The van der Waals surface area contributed by atoms with Gasteiger partial charge in [-0.15, -0.1) is 11.3 Å². The topological polar surface area (TPSA) is 88.5 Å². The number of anilines is 1. The fraction of sp³-hybridized carbons (Fsp3) is 0.444. The van der Waals surface area contributed by atoms with Gasteiger partial charge in [0.25, 0.3) is 15.6 Å². The first kappa shape index (κ1) is 19.7. The zero-order chi connectivity index (χ0) is 19.9. The highest BCUT2D eigenvalue weighted by atomic mass is 32.2. The van der Waals surface area contributed by atoms with E-state index in [0.717, 1.165) is 12.1 Å². The average Bonchev–Trinajstić information content (AvgIpc) is 3.20. The fourth-order valence-corrected chi connectivity index (χ4v) is 7.09. The third kappa shape index (κ3) is 3.54. The summed E-state index contributed by atoms with van der Waals surface area (Å²) < 4.78 is 29.5. The lowest BCUT2D eigenvalue weighted by Gasteiger charge is -2.42. The van der Waals surface area contributed by atoms with Crippen molar-refractivity contribution in [1.29, 1.82) is 0 Å². The standard InChI is InChI=1S/C18H21N3O4S3/c1-26-11-16(22)19-14-4-5-15-13-7-12(9-21(15)18(14)23)8-20(10-13)28(24,25)17-3-2-6-27-17/h2-6,12-13H,7-11H2,1H3,(H,19,22)/t12-,13-/m1/s1. The normalized spacial score (nSPS) is 21.9. The minimum absolute atomic E-state index is 0.0223. The summed E-state index contributed by atoms with van der Waals surface area (Å²) in [7, 11) is -3.50. The van der Waals surface area contributed by atoms with Gasteiger partial charge in [0.15, 0.2) is 0 Å². The Hall–Kier alpha value is -1.62. The molecule has 0 saturated carbocycles. The van der Waals surface area contributed by atoms with Crippen LogP contribution < -0.4 is 10.9 Å². The molecular formula is C18H21N3O4S3. The Labute approximate surface area is 171 Å². The first-order valence-electron chi connectivity index (χ1n) is 8.96. The minimum atomic E-state index is -3.50. The van der Waals surface area contributed by atoms with Crippen LogP contribution in [0.25, 0.3) is 0 Å². The highest BCUT2D eigenvalue weighted by molar-refractivity contribution is 7.99. The van der Waals surface area contributed by atoms with Crippen molar-refractivity contribution in [3.8, 4) is 0 Å². The summed E-state index contributed by atoms with van der Waals surface area (Å²) in [6.45, 7) is 1.24. The maximum absolute atomic E-state index is 12.9. The molecule has 2 aliphatic heterocycles. The van der Waals surface area contributed by atoms with Gasteiger partial charge in [-0.2, -0.15) is 16.1 Å². The van der Waals surface area contributed by atoms with Crippen LogP contribution in [-0.2, 0) is 21.4 Å². The minimum Gasteiger partial charge on any atom is -0.321 e. The summed E-state index contributed by atoms with van der Waals surface area (Å²) in [5, 5.41) is 4.44. The number of amides is 1. The van der Waals surface area contributed by atoms with Crippen LogP contribution in [0.5, 0.6) is 0 Å². The van der Waals surface area contributed by atoms with E-state index in [0.29, 0.717) is 29.6 Å². The van der Waals surface area contributed by atoms with E-state index in [1.165, 1.54) is 23.1 Å². The molecule has 4 rings (SSSR count). The second kappa shape index (κ2) is 7.66. The monoisotopic (exact) mass is 439 g/mol. The third-order valence-corrected chi connectivity index (χ3v) is 8.97. The number of piperidine rings is 1. The number of pyridine rings is 1. The number of carbonyl (C=O) groups excluding carboxylic acids is 1. The van der Waals surface area contributed by atoms with Crippen LogP contribution >= 0.6 is 23.1 Å². The van der Waals surface area contributed by atoms with E-state index >= 15 is 0 Å². The van der Waals surface area contributed by atoms with Crippen molar-refractivity contribution in [3.05, 3.63) is 45.7 Å². The van der Waals surface area contributed by atoms with E-state index < -0.39 is 10.0 Å². The van der Waals surface area contributed by atoms with Crippen LogP contribution in [0.1, 0.15) is 18.0 Å². The van der Waals surface area contributed by atoms with Gasteiger partial charge in [0.1, 0.15) is 9.90 Å². The molecule has 1 amide bonds. The van der Waals surface area contributed by atoms with Gasteiger partial charge >= 0.3 is 0 Å². The molecule has 2 aliphatic rings. The molecule has 2 atom stereocenters. The Morgan fingerprint density at radius 3 is 2.82 bits per heavy atom. The van der Waals surface area contributed by atoms with Gasteiger partial charge in [0.05, 0.1) is 5.75 Å². The number of fused-ring (bicyclic) bond motifs is 4. The van der Waals surface area contributed by atoms with Gasteiger partial charge in [-0.05, 0) is 42.2 Å². The zero-order valence-corrected chi connectivity index (χ0v) is 17.8. The predicted molar refractivity (Wildman–Crippen MR) is 112 cm³/mol. The molecule has 7 nitrogen and oxygen atoms in total. The van der Waals surface area contributed by atoms with Crippen molar-refractivity contribution in [2.45, 2.75) is 23.1 Å². The van der Waals surface area contributed by atoms with Gasteiger partial charge < -0.3 is 9.88 Å². The number of thioether (sulfide) groups is 1. The number of thiophene rings is 1. The van der Waals surface area contributed by atoms with E-state index in [1.54, 1.807) is 32.5 Å². The van der Waals surface area contributed by atoms with E-state index in [4.69, 9.17) is 0 Å². The molecule has 0 radical (unpaired) electrons. The number of nitrogens with one attached hydrogen (secondary N) is 1. The molecule has 1 fully saturated rings. The zero-order valence-electron chi connectivity index (χ0n) is 15.3. The third-order valence-electron chi connectivity index (χ3n) is 5.21. The summed E-state index contributed by atoms with van der Waals surface area (Å²) in [6, 6.07) is 6.86. The van der Waals surface area contributed by atoms with Crippen LogP contribution in [0.4, 0.5) is 5.69 Å². The molecule has 150 valence electrons. The van der Waals surface area contributed by atoms with Crippen molar-refractivity contribution < 1.29 is 13.2 Å². The number of hydrogen-bond donors (Lipinski definition) is 1.